The van der Waals surface area contributed by atoms with E-state index in [2.05, 4.69) is 15.0 Å². The van der Waals surface area contributed by atoms with E-state index in [1.54, 1.807) is 24.5 Å². The lowest BCUT2D eigenvalue weighted by molar-refractivity contribution is 0.101. The number of imidazole rings is 1. The molecule has 0 spiro atoms. The van der Waals surface area contributed by atoms with E-state index >= 15 is 0 Å². The normalized spacial score (nSPS) is 11.2. The molecule has 120 valence electrons. The van der Waals surface area contributed by atoms with Crippen molar-refractivity contribution in [2.45, 2.75) is 27.2 Å². The minimum atomic E-state index is 0.0700. The average Bonchev–Trinajstić information content (AvgIpc) is 3.14. The van der Waals surface area contributed by atoms with Crippen molar-refractivity contribution >= 4 is 28.7 Å². The van der Waals surface area contributed by atoms with Gasteiger partial charge in [-0.15, -0.1) is 11.3 Å². The zero-order valence-electron chi connectivity index (χ0n) is 13.4. The highest BCUT2D eigenvalue weighted by Gasteiger charge is 2.18. The minimum Gasteiger partial charge on any atom is -0.356 e. The average molecular weight is 349 g/mol. The monoisotopic (exact) mass is 348 g/mol. The molecular formula is C16H17ClN4OS. The number of aryl methyl sites for hydroxylation is 1. The Hall–Kier alpha value is -1.92. The highest BCUT2D eigenvalue weighted by molar-refractivity contribution is 7.10. The van der Waals surface area contributed by atoms with E-state index in [9.17, 15) is 4.79 Å². The van der Waals surface area contributed by atoms with Gasteiger partial charge in [0.05, 0.1) is 24.0 Å². The fourth-order valence-electron chi connectivity index (χ4n) is 2.76. The van der Waals surface area contributed by atoms with Gasteiger partial charge in [0.25, 0.3) is 0 Å². The van der Waals surface area contributed by atoms with Crippen molar-refractivity contribution in [2.24, 2.45) is 7.05 Å². The van der Waals surface area contributed by atoms with E-state index in [4.69, 9.17) is 11.6 Å². The third-order valence-corrected chi connectivity index (χ3v) is 5.13. The molecule has 0 aromatic carbocycles. The molecule has 7 heteroatoms. The van der Waals surface area contributed by atoms with Gasteiger partial charge in [0.1, 0.15) is 16.0 Å². The largest absolute Gasteiger partial charge is 0.356 e. The summed E-state index contributed by atoms with van der Waals surface area (Å²) >= 11 is 7.59. The van der Waals surface area contributed by atoms with Crippen LogP contribution in [0.1, 0.15) is 39.4 Å². The molecule has 3 aromatic rings. The maximum atomic E-state index is 11.8. The summed E-state index contributed by atoms with van der Waals surface area (Å²) in [7, 11) is 1.89. The number of hydrogen-bond donors (Lipinski definition) is 1. The number of H-pyrrole nitrogens is 1. The highest BCUT2D eigenvalue weighted by atomic mass is 35.5. The number of thiazole rings is 1. The van der Waals surface area contributed by atoms with Crippen LogP contribution in [0.5, 0.6) is 0 Å². The number of aromatic nitrogens is 4. The van der Waals surface area contributed by atoms with E-state index in [-0.39, 0.29) is 5.78 Å². The summed E-state index contributed by atoms with van der Waals surface area (Å²) in [6.07, 6.45) is 2.27. The number of carbonyl (C=O) groups excluding carboxylic acids is 1. The number of ketones is 1. The Morgan fingerprint density at radius 1 is 1.43 bits per heavy atom. The second-order valence-electron chi connectivity index (χ2n) is 5.54. The van der Waals surface area contributed by atoms with Crippen LogP contribution in [0.15, 0.2) is 11.6 Å². The van der Waals surface area contributed by atoms with Gasteiger partial charge in [0.15, 0.2) is 5.78 Å². The van der Waals surface area contributed by atoms with Crippen molar-refractivity contribution in [1.29, 1.82) is 0 Å². The van der Waals surface area contributed by atoms with Crippen molar-refractivity contribution in [3.8, 4) is 11.4 Å². The molecule has 0 atom stereocenters. The van der Waals surface area contributed by atoms with E-state index in [0.717, 1.165) is 39.0 Å². The molecule has 0 bridgehead atoms. The molecule has 0 saturated heterocycles. The minimum absolute atomic E-state index is 0.0700. The van der Waals surface area contributed by atoms with E-state index in [0.29, 0.717) is 11.6 Å². The van der Waals surface area contributed by atoms with Gasteiger partial charge < -0.3 is 9.55 Å². The van der Waals surface area contributed by atoms with Gasteiger partial charge in [0, 0.05) is 23.7 Å². The molecule has 3 heterocycles. The lowest BCUT2D eigenvalue weighted by Crippen LogP contribution is -1.99. The SMILES string of the molecule is CC(=O)c1c(C)[nH]c(-c2csc(Cc3ncc(Cl)n3C)n2)c1C. The lowest BCUT2D eigenvalue weighted by atomic mass is 10.1. The quantitative estimate of drug-likeness (QED) is 0.726. The predicted octanol–water partition coefficient (Wildman–Crippen LogP) is 3.94. The topological polar surface area (TPSA) is 63.6 Å². The summed E-state index contributed by atoms with van der Waals surface area (Å²) in [6.45, 7) is 5.45. The number of rotatable bonds is 4. The molecule has 3 rings (SSSR count). The van der Waals surface area contributed by atoms with Crippen LogP contribution in [0.25, 0.3) is 11.4 Å². The summed E-state index contributed by atoms with van der Waals surface area (Å²) in [6, 6.07) is 0. The number of nitrogens with one attached hydrogen (secondary N) is 1. The number of carbonyl (C=O) groups is 1. The van der Waals surface area contributed by atoms with Crippen molar-refractivity contribution < 1.29 is 4.79 Å². The number of Topliss-reactive ketones (excluding diaryl/α,β-unsaturated/α-hetero) is 1. The van der Waals surface area contributed by atoms with E-state index in [1.165, 1.54) is 0 Å². The number of aromatic amines is 1. The molecule has 0 aliphatic heterocycles. The first-order chi connectivity index (χ1) is 10.9. The standard InChI is InChI=1S/C16H17ClN4OS/c1-8-15(10(3)22)9(2)19-16(8)11-7-23-14(20-11)5-13-18-6-12(17)21(13)4/h6-7,19H,5H2,1-4H3. The molecule has 1 N–H and O–H groups in total. The van der Waals surface area contributed by atoms with Crippen LogP contribution < -0.4 is 0 Å². The molecule has 5 nitrogen and oxygen atoms in total. The Morgan fingerprint density at radius 3 is 2.74 bits per heavy atom. The molecule has 0 aliphatic rings. The van der Waals surface area contributed by atoms with Crippen LogP contribution in [0.2, 0.25) is 5.15 Å². The maximum absolute atomic E-state index is 11.8. The zero-order chi connectivity index (χ0) is 16.7. The van der Waals surface area contributed by atoms with Crippen molar-refractivity contribution in [3.05, 3.63) is 44.4 Å². The molecule has 0 radical (unpaired) electrons. The third-order valence-electron chi connectivity index (χ3n) is 3.93. The van der Waals surface area contributed by atoms with Crippen LogP contribution in [-0.4, -0.2) is 25.3 Å². The summed E-state index contributed by atoms with van der Waals surface area (Å²) in [5.74, 6) is 0.945. The molecule has 0 saturated carbocycles. The van der Waals surface area contributed by atoms with E-state index in [1.807, 2.05) is 30.8 Å². The molecule has 0 amide bonds. The Labute approximate surface area is 143 Å². The Bertz CT molecular complexity index is 890. The summed E-state index contributed by atoms with van der Waals surface area (Å²) < 4.78 is 1.85. The number of halogens is 1. The number of nitrogens with zero attached hydrogens (tertiary/aromatic N) is 3. The Morgan fingerprint density at radius 2 is 2.17 bits per heavy atom. The molecular weight excluding hydrogens is 332 g/mol. The van der Waals surface area contributed by atoms with Crippen molar-refractivity contribution in [2.75, 3.05) is 0 Å². The van der Waals surface area contributed by atoms with Gasteiger partial charge in [-0.1, -0.05) is 11.6 Å². The van der Waals surface area contributed by atoms with Gasteiger partial charge >= 0.3 is 0 Å². The smallest absolute Gasteiger partial charge is 0.161 e. The maximum Gasteiger partial charge on any atom is 0.161 e. The summed E-state index contributed by atoms with van der Waals surface area (Å²) in [5.41, 5.74) is 4.36. The summed E-state index contributed by atoms with van der Waals surface area (Å²) in [4.78, 5) is 24.0. The third kappa shape index (κ3) is 2.84. The van der Waals surface area contributed by atoms with Crippen LogP contribution in [0.4, 0.5) is 0 Å². The van der Waals surface area contributed by atoms with E-state index < -0.39 is 0 Å². The number of hydrogen-bond acceptors (Lipinski definition) is 4. The van der Waals surface area contributed by atoms with Gasteiger partial charge in [-0.25, -0.2) is 9.97 Å². The van der Waals surface area contributed by atoms with Gasteiger partial charge in [-0.2, -0.15) is 0 Å². The van der Waals surface area contributed by atoms with Crippen molar-refractivity contribution in [3.63, 3.8) is 0 Å². The fraction of sp³-hybridized carbons (Fsp3) is 0.312. The first kappa shape index (κ1) is 16.0. The van der Waals surface area contributed by atoms with Gasteiger partial charge in [-0.3, -0.25) is 4.79 Å². The molecule has 23 heavy (non-hydrogen) atoms. The van der Waals surface area contributed by atoms with Crippen molar-refractivity contribution in [1.82, 2.24) is 19.5 Å². The van der Waals surface area contributed by atoms with Crippen LogP contribution in [0, 0.1) is 13.8 Å². The second-order valence-corrected chi connectivity index (χ2v) is 6.87. The second kappa shape index (κ2) is 5.94. The Kier molecular flexibility index (Phi) is 4.12. The van der Waals surface area contributed by atoms with Crippen LogP contribution in [0.3, 0.4) is 0 Å². The molecule has 0 fully saturated rings. The van der Waals surface area contributed by atoms with Gasteiger partial charge in [0.2, 0.25) is 0 Å². The van der Waals surface area contributed by atoms with Gasteiger partial charge in [-0.05, 0) is 26.3 Å². The summed E-state index contributed by atoms with van der Waals surface area (Å²) in [5, 5.41) is 3.57. The Balaban J connectivity index is 1.92. The molecule has 0 aliphatic carbocycles. The lowest BCUT2D eigenvalue weighted by Gasteiger charge is -1.99. The fourth-order valence-corrected chi connectivity index (χ4v) is 3.69. The molecule has 3 aromatic heterocycles. The predicted molar refractivity (Wildman–Crippen MR) is 92.4 cm³/mol. The first-order valence-corrected chi connectivity index (χ1v) is 8.45. The zero-order valence-corrected chi connectivity index (χ0v) is 15.0. The van der Waals surface area contributed by atoms with Crippen LogP contribution >= 0.6 is 22.9 Å². The molecule has 0 unspecified atom stereocenters. The highest BCUT2D eigenvalue weighted by Crippen LogP contribution is 2.29. The first-order valence-electron chi connectivity index (χ1n) is 7.19. The van der Waals surface area contributed by atoms with Crippen LogP contribution in [-0.2, 0) is 13.5 Å².